The van der Waals surface area contributed by atoms with E-state index in [1.807, 2.05) is 4.98 Å². The monoisotopic (exact) mass is 320 g/mol. The summed E-state index contributed by atoms with van der Waals surface area (Å²) in [7, 11) is 0. The standard InChI is InChI=1S/C10H7F3N4O5/c1-2-22-8-5(17(20)21)3-4(16(18)19)6-7(8)15-9(14-6)10(11,12)13/h3H,2H2,1H3,(H,14,15). The first-order valence-electron chi connectivity index (χ1n) is 5.72. The van der Waals surface area contributed by atoms with Gasteiger partial charge in [-0.3, -0.25) is 20.2 Å². The zero-order valence-corrected chi connectivity index (χ0v) is 10.8. The predicted molar refractivity (Wildman–Crippen MR) is 65.6 cm³/mol. The summed E-state index contributed by atoms with van der Waals surface area (Å²) >= 11 is 0. The first kappa shape index (κ1) is 15.5. The maximum Gasteiger partial charge on any atom is 0.449 e. The lowest BCUT2D eigenvalue weighted by atomic mass is 10.2. The van der Waals surface area contributed by atoms with Crippen molar-refractivity contribution in [2.24, 2.45) is 0 Å². The van der Waals surface area contributed by atoms with E-state index in [-0.39, 0.29) is 6.61 Å². The lowest BCUT2D eigenvalue weighted by molar-refractivity contribution is -0.393. The van der Waals surface area contributed by atoms with Crippen LogP contribution in [0.25, 0.3) is 11.0 Å². The van der Waals surface area contributed by atoms with Crippen molar-refractivity contribution < 1.29 is 27.8 Å². The minimum Gasteiger partial charge on any atom is -0.486 e. The van der Waals surface area contributed by atoms with Crippen molar-refractivity contribution in [3.63, 3.8) is 0 Å². The molecule has 0 amide bonds. The molecule has 118 valence electrons. The van der Waals surface area contributed by atoms with E-state index < -0.39 is 50.0 Å². The number of benzene rings is 1. The molecular weight excluding hydrogens is 313 g/mol. The molecule has 0 radical (unpaired) electrons. The average molecular weight is 320 g/mol. The van der Waals surface area contributed by atoms with Crippen molar-refractivity contribution in [3.05, 3.63) is 32.1 Å². The number of imidazole rings is 1. The van der Waals surface area contributed by atoms with Crippen molar-refractivity contribution >= 4 is 22.4 Å². The molecule has 12 heteroatoms. The van der Waals surface area contributed by atoms with E-state index >= 15 is 0 Å². The number of ether oxygens (including phenoxy) is 1. The van der Waals surface area contributed by atoms with Crippen LogP contribution in [0.2, 0.25) is 0 Å². The van der Waals surface area contributed by atoms with Crippen molar-refractivity contribution in [2.45, 2.75) is 13.1 Å². The highest BCUT2D eigenvalue weighted by Crippen LogP contribution is 2.41. The average Bonchev–Trinajstić information content (AvgIpc) is 2.83. The van der Waals surface area contributed by atoms with Gasteiger partial charge in [-0.25, -0.2) is 4.98 Å². The normalized spacial score (nSPS) is 11.6. The van der Waals surface area contributed by atoms with Gasteiger partial charge in [0.1, 0.15) is 11.6 Å². The Labute approximate surface area is 119 Å². The largest absolute Gasteiger partial charge is 0.486 e. The summed E-state index contributed by atoms with van der Waals surface area (Å²) in [5.41, 5.74) is -2.95. The zero-order chi connectivity index (χ0) is 16.7. The smallest absolute Gasteiger partial charge is 0.449 e. The second-order valence-corrected chi connectivity index (χ2v) is 4.00. The van der Waals surface area contributed by atoms with Crippen LogP contribution in [0.1, 0.15) is 12.7 Å². The second kappa shape index (κ2) is 5.13. The Morgan fingerprint density at radius 1 is 1.27 bits per heavy atom. The number of halogens is 3. The Morgan fingerprint density at radius 2 is 1.86 bits per heavy atom. The first-order valence-corrected chi connectivity index (χ1v) is 5.72. The number of H-pyrrole nitrogens is 1. The highest BCUT2D eigenvalue weighted by molar-refractivity contribution is 5.93. The van der Waals surface area contributed by atoms with E-state index in [4.69, 9.17) is 4.74 Å². The van der Waals surface area contributed by atoms with Crippen LogP contribution in [0, 0.1) is 20.2 Å². The summed E-state index contributed by atoms with van der Waals surface area (Å²) in [4.78, 5) is 24.8. The Kier molecular flexibility index (Phi) is 3.60. The topological polar surface area (TPSA) is 124 Å². The molecule has 0 aliphatic carbocycles. The van der Waals surface area contributed by atoms with E-state index in [1.54, 1.807) is 0 Å². The van der Waals surface area contributed by atoms with Crippen LogP contribution in [-0.2, 0) is 6.18 Å². The lowest BCUT2D eigenvalue weighted by Gasteiger charge is -2.05. The molecule has 1 heterocycles. The molecule has 0 saturated carbocycles. The maximum atomic E-state index is 12.7. The molecule has 0 spiro atoms. The number of hydrogen-bond donors (Lipinski definition) is 1. The van der Waals surface area contributed by atoms with Gasteiger partial charge in [-0.05, 0) is 6.92 Å². The summed E-state index contributed by atoms with van der Waals surface area (Å²) in [6, 6.07) is 0.522. The van der Waals surface area contributed by atoms with Gasteiger partial charge in [0.15, 0.2) is 5.52 Å². The number of alkyl halides is 3. The summed E-state index contributed by atoms with van der Waals surface area (Å²) in [5.74, 6) is -2.04. The van der Waals surface area contributed by atoms with Gasteiger partial charge in [0.05, 0.1) is 16.5 Å². The third-order valence-corrected chi connectivity index (χ3v) is 2.63. The Bertz CT molecular complexity index is 770. The number of fused-ring (bicyclic) bond motifs is 1. The summed E-state index contributed by atoms with van der Waals surface area (Å²) in [6.07, 6.45) is -4.90. The quantitative estimate of drug-likeness (QED) is 0.682. The van der Waals surface area contributed by atoms with Crippen LogP contribution in [0.3, 0.4) is 0 Å². The van der Waals surface area contributed by atoms with Gasteiger partial charge >= 0.3 is 17.6 Å². The maximum absolute atomic E-state index is 12.7. The summed E-state index contributed by atoms with van der Waals surface area (Å²) < 4.78 is 43.1. The number of nitro benzene ring substituents is 2. The van der Waals surface area contributed by atoms with Crippen molar-refractivity contribution in [3.8, 4) is 5.75 Å². The minimum atomic E-state index is -4.90. The first-order chi connectivity index (χ1) is 10.2. The van der Waals surface area contributed by atoms with Crippen molar-refractivity contribution in [1.82, 2.24) is 9.97 Å². The summed E-state index contributed by atoms with van der Waals surface area (Å²) in [5, 5.41) is 21.9. The number of nitrogens with zero attached hydrogens (tertiary/aromatic N) is 3. The van der Waals surface area contributed by atoms with Gasteiger partial charge in [-0.1, -0.05) is 0 Å². The molecule has 2 rings (SSSR count). The van der Waals surface area contributed by atoms with Crippen molar-refractivity contribution in [2.75, 3.05) is 6.61 Å². The van der Waals surface area contributed by atoms with Crippen LogP contribution >= 0.6 is 0 Å². The van der Waals surface area contributed by atoms with Crippen LogP contribution < -0.4 is 4.74 Å². The number of hydrogen-bond acceptors (Lipinski definition) is 6. The van der Waals surface area contributed by atoms with Crippen molar-refractivity contribution in [1.29, 1.82) is 0 Å². The van der Waals surface area contributed by atoms with E-state index in [2.05, 4.69) is 4.98 Å². The fraction of sp³-hybridized carbons (Fsp3) is 0.300. The van der Waals surface area contributed by atoms with E-state index in [9.17, 15) is 33.4 Å². The van der Waals surface area contributed by atoms with Gasteiger partial charge in [0, 0.05) is 0 Å². The number of non-ortho nitro benzene ring substituents is 1. The Morgan fingerprint density at radius 3 is 2.32 bits per heavy atom. The molecule has 2 aromatic rings. The minimum absolute atomic E-state index is 0.0892. The molecule has 1 N–H and O–H groups in total. The molecule has 9 nitrogen and oxygen atoms in total. The molecule has 0 bridgehead atoms. The highest BCUT2D eigenvalue weighted by atomic mass is 19.4. The van der Waals surface area contributed by atoms with E-state index in [0.717, 1.165) is 0 Å². The van der Waals surface area contributed by atoms with E-state index in [0.29, 0.717) is 6.07 Å². The molecule has 0 unspecified atom stereocenters. The molecule has 0 fully saturated rings. The number of aromatic amines is 1. The Balaban J connectivity index is 2.91. The number of aromatic nitrogens is 2. The predicted octanol–water partition coefficient (Wildman–Crippen LogP) is 2.80. The van der Waals surface area contributed by atoms with Gasteiger partial charge in [0.25, 0.3) is 0 Å². The molecule has 22 heavy (non-hydrogen) atoms. The van der Waals surface area contributed by atoms with Crippen LogP contribution in [0.4, 0.5) is 24.5 Å². The fourth-order valence-corrected chi connectivity index (χ4v) is 1.81. The third kappa shape index (κ3) is 2.49. The van der Waals surface area contributed by atoms with Crippen LogP contribution in [-0.4, -0.2) is 26.4 Å². The molecule has 0 atom stereocenters. The SMILES string of the molecule is CCOc1c([N+](=O)[O-])cc([N+](=O)[O-])c2nc(C(F)(F)F)[nH]c12. The number of nitro groups is 2. The third-order valence-electron chi connectivity index (χ3n) is 2.63. The fourth-order valence-electron chi connectivity index (χ4n) is 1.81. The molecular formula is C10H7F3N4O5. The molecule has 0 aliphatic heterocycles. The molecule has 1 aromatic carbocycles. The summed E-state index contributed by atoms with van der Waals surface area (Å²) in [6.45, 7) is 1.37. The molecule has 0 aliphatic rings. The number of nitrogens with one attached hydrogen (secondary N) is 1. The van der Waals surface area contributed by atoms with Gasteiger partial charge in [-0.2, -0.15) is 13.2 Å². The van der Waals surface area contributed by atoms with Gasteiger partial charge in [0.2, 0.25) is 11.6 Å². The highest BCUT2D eigenvalue weighted by Gasteiger charge is 2.38. The second-order valence-electron chi connectivity index (χ2n) is 4.00. The lowest BCUT2D eigenvalue weighted by Crippen LogP contribution is -2.07. The van der Waals surface area contributed by atoms with Crippen LogP contribution in [0.15, 0.2) is 6.07 Å². The van der Waals surface area contributed by atoms with Crippen LogP contribution in [0.5, 0.6) is 5.75 Å². The molecule has 1 aromatic heterocycles. The Hall–Kier alpha value is -2.92. The zero-order valence-electron chi connectivity index (χ0n) is 10.8. The number of rotatable bonds is 4. The van der Waals surface area contributed by atoms with E-state index in [1.165, 1.54) is 6.92 Å². The van der Waals surface area contributed by atoms with Gasteiger partial charge in [-0.15, -0.1) is 0 Å². The molecule has 0 saturated heterocycles. The van der Waals surface area contributed by atoms with Gasteiger partial charge < -0.3 is 9.72 Å².